The van der Waals surface area contributed by atoms with Crippen LogP contribution in [0.15, 0.2) is 115 Å². The summed E-state index contributed by atoms with van der Waals surface area (Å²) in [5.74, 6) is 0. The number of halogens is 4. The minimum atomic E-state index is -3.54. The van der Waals surface area contributed by atoms with Gasteiger partial charge in [0, 0.05) is 5.02 Å². The maximum atomic E-state index is 17.7. The van der Waals surface area contributed by atoms with E-state index in [2.05, 4.69) is 0 Å². The van der Waals surface area contributed by atoms with Crippen LogP contribution in [-0.2, 0) is 4.43 Å². The molecule has 4 rings (SSSR count). The minimum Gasteiger partial charge on any atom is -1.00 e. The minimum absolute atomic E-state index is 0. The second-order valence-electron chi connectivity index (χ2n) is 9.43. The first-order chi connectivity index (χ1) is 16.7. The molecule has 0 saturated heterocycles. The van der Waals surface area contributed by atoms with Crippen LogP contribution < -0.4 is 28.3 Å². The molecule has 0 aliphatic heterocycles. The molecule has 188 valence electrons. The Morgan fingerprint density at radius 2 is 1.03 bits per heavy atom. The Bertz CT molecular complexity index is 1140. The van der Waals surface area contributed by atoms with Gasteiger partial charge >= 0.3 is 5.66 Å². The van der Waals surface area contributed by atoms with Crippen molar-refractivity contribution in [3.05, 3.63) is 126 Å². The van der Waals surface area contributed by atoms with Crippen molar-refractivity contribution in [2.45, 2.75) is 31.4 Å². The Hall–Kier alpha value is -2.07. The molecule has 0 amide bonds. The number of hydrogen-bond acceptors (Lipinski definition) is 1. The number of rotatable bonds is 8. The van der Waals surface area contributed by atoms with Crippen LogP contribution in [0.2, 0.25) is 24.7 Å². The molecule has 7 heteroatoms. The fraction of sp³-hybridized carbons (Fsp3) is 0.172. The average molecular weight is 562 g/mol. The van der Waals surface area contributed by atoms with Gasteiger partial charge in [-0.15, -0.1) is 0 Å². The van der Waals surface area contributed by atoms with Crippen LogP contribution in [0.4, 0.5) is 8.78 Å². The van der Waals surface area contributed by atoms with Gasteiger partial charge in [0.1, 0.15) is 15.9 Å². The molecule has 0 saturated carbocycles. The maximum absolute atomic E-state index is 17.7. The largest absolute Gasteiger partial charge is 1.00 e. The summed E-state index contributed by atoms with van der Waals surface area (Å²) in [5, 5.41) is 2.33. The number of benzene rings is 4. The fourth-order valence-corrected chi connectivity index (χ4v) is 9.98. The quantitative estimate of drug-likeness (QED) is 0.222. The lowest BCUT2D eigenvalue weighted by molar-refractivity contribution is -0.0304. The van der Waals surface area contributed by atoms with Gasteiger partial charge in [0.2, 0.25) is 0 Å². The third-order valence-electron chi connectivity index (χ3n) is 5.84. The Morgan fingerprint density at radius 3 is 1.36 bits per heavy atom. The third-order valence-corrected chi connectivity index (χ3v) is 11.4. The smallest absolute Gasteiger partial charge is 0.395 e. The first-order valence-corrected chi connectivity index (χ1v) is 17.1. The molecule has 0 spiro atoms. The summed E-state index contributed by atoms with van der Waals surface area (Å²) < 4.78 is 41.8. The van der Waals surface area contributed by atoms with Crippen molar-refractivity contribution in [3.8, 4) is 0 Å². The van der Waals surface area contributed by atoms with Gasteiger partial charge < -0.3 is 16.8 Å². The predicted molar refractivity (Wildman–Crippen MR) is 149 cm³/mol. The number of alkyl halides is 2. The molecule has 4 aromatic rings. The van der Waals surface area contributed by atoms with E-state index in [1.165, 1.54) is 0 Å². The maximum Gasteiger partial charge on any atom is 0.395 e. The van der Waals surface area contributed by atoms with Gasteiger partial charge in [-0.2, -0.15) is 8.78 Å². The summed E-state index contributed by atoms with van der Waals surface area (Å²) in [6.07, 6.45) is -1.44. The molecule has 0 heterocycles. The standard InChI is InChI=1S/C29H29ClF2OPSi.ClH/c1-35(2,3)33-28(23-19-21-24(30)22-20-23)29(31,32)34(25-13-7-4-8-14-25,26-15-9-5-10-16-26)27-17-11-6-12-18-27;/h4-22,28H,1-3H3;1H/q+1;/p-1. The van der Waals surface area contributed by atoms with Gasteiger partial charge in [-0.25, -0.2) is 0 Å². The van der Waals surface area contributed by atoms with Crippen molar-refractivity contribution in [2.24, 2.45) is 0 Å². The van der Waals surface area contributed by atoms with Gasteiger partial charge in [0.05, 0.1) is 0 Å². The molecule has 0 bridgehead atoms. The highest BCUT2D eigenvalue weighted by molar-refractivity contribution is 7.96. The first kappa shape index (κ1) is 28.5. The molecule has 0 radical (unpaired) electrons. The highest BCUT2D eigenvalue weighted by Crippen LogP contribution is 2.71. The molecule has 0 fully saturated rings. The molecule has 1 atom stereocenters. The van der Waals surface area contributed by atoms with Crippen LogP contribution in [0, 0.1) is 0 Å². The van der Waals surface area contributed by atoms with E-state index >= 15 is 8.78 Å². The van der Waals surface area contributed by atoms with Gasteiger partial charge in [0.25, 0.3) is 0 Å². The van der Waals surface area contributed by atoms with Gasteiger partial charge in [-0.1, -0.05) is 78.3 Å². The molecule has 4 aromatic carbocycles. The van der Waals surface area contributed by atoms with Crippen molar-refractivity contribution >= 4 is 43.1 Å². The van der Waals surface area contributed by atoms with Crippen molar-refractivity contribution in [2.75, 3.05) is 0 Å². The summed E-state index contributed by atoms with van der Waals surface area (Å²) in [7, 11) is -5.95. The second kappa shape index (κ2) is 11.5. The van der Waals surface area contributed by atoms with E-state index < -0.39 is 27.3 Å². The topological polar surface area (TPSA) is 9.23 Å². The van der Waals surface area contributed by atoms with E-state index in [1.54, 1.807) is 24.3 Å². The summed E-state index contributed by atoms with van der Waals surface area (Å²) in [6, 6.07) is 34.2. The molecule has 0 aliphatic carbocycles. The Labute approximate surface area is 225 Å². The zero-order valence-corrected chi connectivity index (χ0v) is 23.8. The van der Waals surface area contributed by atoms with Crippen LogP contribution >= 0.6 is 18.9 Å². The average Bonchev–Trinajstić information content (AvgIpc) is 2.85. The van der Waals surface area contributed by atoms with E-state index in [0.717, 1.165) is 0 Å². The summed E-state index contributed by atoms with van der Waals surface area (Å²) in [4.78, 5) is 0. The Kier molecular flexibility index (Phi) is 9.14. The Morgan fingerprint density at radius 1 is 0.667 bits per heavy atom. The highest BCUT2D eigenvalue weighted by Gasteiger charge is 2.70. The van der Waals surface area contributed by atoms with Gasteiger partial charge in [-0.3, -0.25) is 0 Å². The van der Waals surface area contributed by atoms with E-state index in [1.807, 2.05) is 111 Å². The summed E-state index contributed by atoms with van der Waals surface area (Å²) >= 11 is 6.13. The van der Waals surface area contributed by atoms with Crippen LogP contribution in [0.5, 0.6) is 0 Å². The lowest BCUT2D eigenvalue weighted by atomic mass is 10.1. The molecular formula is C29H29Cl2F2OPSi. The Balaban J connectivity index is 0.00000361. The van der Waals surface area contributed by atoms with Crippen molar-refractivity contribution in [1.29, 1.82) is 0 Å². The lowest BCUT2D eigenvalue weighted by Gasteiger charge is -2.40. The van der Waals surface area contributed by atoms with Crippen molar-refractivity contribution in [3.63, 3.8) is 0 Å². The molecule has 1 unspecified atom stereocenters. The van der Waals surface area contributed by atoms with E-state index in [9.17, 15) is 0 Å². The predicted octanol–water partition coefficient (Wildman–Crippen LogP) is 4.82. The van der Waals surface area contributed by atoms with Crippen molar-refractivity contribution < 1.29 is 25.6 Å². The van der Waals surface area contributed by atoms with E-state index in [0.29, 0.717) is 26.5 Å². The zero-order chi connectivity index (χ0) is 25.1. The molecule has 0 aromatic heterocycles. The normalized spacial score (nSPS) is 13.1. The second-order valence-corrected chi connectivity index (χ2v) is 17.8. The molecule has 36 heavy (non-hydrogen) atoms. The molecule has 0 N–H and O–H groups in total. The van der Waals surface area contributed by atoms with Gasteiger partial charge in [0.15, 0.2) is 21.7 Å². The summed E-state index contributed by atoms with van der Waals surface area (Å²) in [5.41, 5.74) is -2.85. The van der Waals surface area contributed by atoms with Gasteiger partial charge in [-0.05, 0) is 73.7 Å². The number of hydrogen-bond donors (Lipinski definition) is 0. The van der Waals surface area contributed by atoms with E-state index in [4.69, 9.17) is 16.0 Å². The lowest BCUT2D eigenvalue weighted by Crippen LogP contribution is -3.00. The van der Waals surface area contributed by atoms with Crippen LogP contribution in [0.3, 0.4) is 0 Å². The third kappa shape index (κ3) is 5.59. The van der Waals surface area contributed by atoms with E-state index in [-0.39, 0.29) is 12.4 Å². The van der Waals surface area contributed by atoms with Crippen LogP contribution in [0.1, 0.15) is 11.7 Å². The molecular weight excluding hydrogens is 532 g/mol. The fourth-order valence-electron chi connectivity index (χ4n) is 4.42. The molecule has 0 aliphatic rings. The monoisotopic (exact) mass is 560 g/mol. The highest BCUT2D eigenvalue weighted by atomic mass is 35.5. The SMILES string of the molecule is C[Si](C)(C)OC(c1ccc(Cl)cc1)C(F)(F)[P+](c1ccccc1)(c1ccccc1)c1ccccc1.[Cl-]. The van der Waals surface area contributed by atoms with Crippen LogP contribution in [-0.4, -0.2) is 14.0 Å². The first-order valence-electron chi connectivity index (χ1n) is 11.5. The molecule has 1 nitrogen and oxygen atoms in total. The summed E-state index contributed by atoms with van der Waals surface area (Å²) in [6.45, 7) is 5.83. The van der Waals surface area contributed by atoms with Crippen LogP contribution in [0.25, 0.3) is 0 Å². The van der Waals surface area contributed by atoms with Crippen molar-refractivity contribution in [1.82, 2.24) is 0 Å². The zero-order valence-electron chi connectivity index (χ0n) is 20.4.